The molecule has 0 atom stereocenters. The van der Waals surface area contributed by atoms with Crippen molar-refractivity contribution in [1.82, 2.24) is 0 Å². The lowest BCUT2D eigenvalue weighted by Gasteiger charge is -2.02. The maximum absolute atomic E-state index is 10.6. The van der Waals surface area contributed by atoms with Gasteiger partial charge in [-0.25, -0.2) is 13.6 Å². The van der Waals surface area contributed by atoms with Crippen LogP contribution in [0.2, 0.25) is 0 Å². The van der Waals surface area contributed by atoms with Gasteiger partial charge in [-0.05, 0) is 31.6 Å². The van der Waals surface area contributed by atoms with Gasteiger partial charge in [0.05, 0.1) is 5.75 Å². The molecule has 0 saturated heterocycles. The van der Waals surface area contributed by atoms with Crippen LogP contribution >= 0.6 is 0 Å². The SMILES string of the molecule is NS(=O)(=O)CCCCCOCC1CC1. The molecule has 0 radical (unpaired) electrons. The number of hydrogen-bond acceptors (Lipinski definition) is 3. The number of rotatable bonds is 8. The van der Waals surface area contributed by atoms with E-state index in [4.69, 9.17) is 9.88 Å². The summed E-state index contributed by atoms with van der Waals surface area (Å²) in [7, 11) is -3.26. The Kier molecular flexibility index (Phi) is 4.84. The smallest absolute Gasteiger partial charge is 0.209 e. The van der Waals surface area contributed by atoms with Gasteiger partial charge in [0.2, 0.25) is 10.0 Å². The third-order valence-corrected chi connectivity index (χ3v) is 3.13. The van der Waals surface area contributed by atoms with Crippen LogP contribution in [-0.4, -0.2) is 27.4 Å². The zero-order chi connectivity index (χ0) is 10.4. The summed E-state index contributed by atoms with van der Waals surface area (Å²) in [5, 5.41) is 4.87. The van der Waals surface area contributed by atoms with Crippen LogP contribution < -0.4 is 5.14 Å². The molecule has 4 nitrogen and oxygen atoms in total. The molecule has 0 heterocycles. The van der Waals surface area contributed by atoms with Crippen molar-refractivity contribution in [2.45, 2.75) is 32.1 Å². The van der Waals surface area contributed by atoms with Gasteiger partial charge < -0.3 is 4.74 Å². The lowest BCUT2D eigenvalue weighted by atomic mass is 10.3. The summed E-state index contributed by atoms with van der Waals surface area (Å²) in [6, 6.07) is 0. The number of nitrogens with two attached hydrogens (primary N) is 1. The van der Waals surface area contributed by atoms with Gasteiger partial charge in [-0.15, -0.1) is 0 Å². The normalized spacial score (nSPS) is 17.2. The molecule has 0 amide bonds. The Morgan fingerprint density at radius 1 is 1.21 bits per heavy atom. The van der Waals surface area contributed by atoms with Gasteiger partial charge in [-0.2, -0.15) is 0 Å². The van der Waals surface area contributed by atoms with Crippen LogP contribution in [-0.2, 0) is 14.8 Å². The van der Waals surface area contributed by atoms with Gasteiger partial charge in [0, 0.05) is 13.2 Å². The summed E-state index contributed by atoms with van der Waals surface area (Å²) in [5.41, 5.74) is 0. The lowest BCUT2D eigenvalue weighted by Crippen LogP contribution is -2.16. The van der Waals surface area contributed by atoms with E-state index in [-0.39, 0.29) is 5.75 Å². The topological polar surface area (TPSA) is 69.4 Å². The second kappa shape index (κ2) is 5.68. The van der Waals surface area contributed by atoms with Gasteiger partial charge in [0.1, 0.15) is 0 Å². The molecule has 5 heteroatoms. The van der Waals surface area contributed by atoms with Crippen LogP contribution in [0.25, 0.3) is 0 Å². The van der Waals surface area contributed by atoms with Crippen molar-refractivity contribution in [3.05, 3.63) is 0 Å². The summed E-state index contributed by atoms with van der Waals surface area (Å²) in [6.45, 7) is 1.64. The van der Waals surface area contributed by atoms with Gasteiger partial charge in [-0.1, -0.05) is 6.42 Å². The Balaban J connectivity index is 1.79. The minimum atomic E-state index is -3.26. The number of hydrogen-bond donors (Lipinski definition) is 1. The minimum absolute atomic E-state index is 0.0929. The van der Waals surface area contributed by atoms with Crippen LogP contribution in [0.15, 0.2) is 0 Å². The Morgan fingerprint density at radius 2 is 1.93 bits per heavy atom. The van der Waals surface area contributed by atoms with E-state index >= 15 is 0 Å². The van der Waals surface area contributed by atoms with E-state index < -0.39 is 10.0 Å². The zero-order valence-corrected chi connectivity index (χ0v) is 9.26. The van der Waals surface area contributed by atoms with Crippen molar-refractivity contribution >= 4 is 10.0 Å². The highest BCUT2D eigenvalue weighted by molar-refractivity contribution is 7.89. The van der Waals surface area contributed by atoms with E-state index in [1.807, 2.05) is 0 Å². The van der Waals surface area contributed by atoms with Crippen molar-refractivity contribution in [2.75, 3.05) is 19.0 Å². The lowest BCUT2D eigenvalue weighted by molar-refractivity contribution is 0.121. The molecule has 1 aliphatic rings. The van der Waals surface area contributed by atoms with Crippen molar-refractivity contribution in [3.8, 4) is 0 Å². The van der Waals surface area contributed by atoms with Crippen LogP contribution in [0.3, 0.4) is 0 Å². The molecule has 1 rings (SSSR count). The maximum Gasteiger partial charge on any atom is 0.209 e. The van der Waals surface area contributed by atoms with Crippen molar-refractivity contribution in [3.63, 3.8) is 0 Å². The van der Waals surface area contributed by atoms with Crippen LogP contribution in [0.4, 0.5) is 0 Å². The fourth-order valence-corrected chi connectivity index (χ4v) is 1.83. The molecule has 1 fully saturated rings. The van der Waals surface area contributed by atoms with Gasteiger partial charge in [0.25, 0.3) is 0 Å². The maximum atomic E-state index is 10.6. The minimum Gasteiger partial charge on any atom is -0.381 e. The fraction of sp³-hybridized carbons (Fsp3) is 1.00. The van der Waals surface area contributed by atoms with Gasteiger partial charge in [-0.3, -0.25) is 0 Å². The van der Waals surface area contributed by atoms with Crippen molar-refractivity contribution in [1.29, 1.82) is 0 Å². The highest BCUT2D eigenvalue weighted by atomic mass is 32.2. The monoisotopic (exact) mass is 221 g/mol. The first-order chi connectivity index (χ1) is 6.58. The predicted molar refractivity (Wildman–Crippen MR) is 55.4 cm³/mol. The number of ether oxygens (including phenoxy) is 1. The number of primary sulfonamides is 1. The van der Waals surface area contributed by atoms with E-state index in [0.717, 1.165) is 32.0 Å². The molecule has 2 N–H and O–H groups in total. The van der Waals surface area contributed by atoms with Gasteiger partial charge >= 0.3 is 0 Å². The number of sulfonamides is 1. The zero-order valence-electron chi connectivity index (χ0n) is 8.44. The third kappa shape index (κ3) is 7.29. The highest BCUT2D eigenvalue weighted by Crippen LogP contribution is 2.28. The van der Waals surface area contributed by atoms with Crippen LogP contribution in [0.5, 0.6) is 0 Å². The average molecular weight is 221 g/mol. The first-order valence-corrected chi connectivity index (χ1v) is 6.88. The summed E-state index contributed by atoms with van der Waals surface area (Å²) >= 11 is 0. The first-order valence-electron chi connectivity index (χ1n) is 5.16. The summed E-state index contributed by atoms with van der Waals surface area (Å²) in [6.07, 6.45) is 5.08. The molecule has 1 saturated carbocycles. The third-order valence-electron chi connectivity index (χ3n) is 2.27. The Labute approximate surface area is 85.9 Å². The van der Waals surface area contributed by atoms with Crippen molar-refractivity contribution < 1.29 is 13.2 Å². The largest absolute Gasteiger partial charge is 0.381 e. The average Bonchev–Trinajstić information content (AvgIpc) is 2.84. The predicted octanol–water partition coefficient (Wildman–Crippen LogP) is 0.872. The fourth-order valence-electron chi connectivity index (χ4n) is 1.22. The Hall–Kier alpha value is -0.130. The standard InChI is InChI=1S/C9H19NO3S/c10-14(11,12)7-3-1-2-6-13-8-9-4-5-9/h9H,1-8H2,(H2,10,11,12). The van der Waals surface area contributed by atoms with E-state index in [0.29, 0.717) is 6.42 Å². The number of unbranched alkanes of at least 4 members (excludes halogenated alkanes) is 2. The Morgan fingerprint density at radius 3 is 2.50 bits per heavy atom. The molecular weight excluding hydrogens is 202 g/mol. The molecule has 0 aromatic heterocycles. The van der Waals surface area contributed by atoms with Crippen molar-refractivity contribution in [2.24, 2.45) is 11.1 Å². The molecule has 0 bridgehead atoms. The summed E-state index contributed by atoms with van der Waals surface area (Å²) < 4.78 is 26.5. The summed E-state index contributed by atoms with van der Waals surface area (Å²) in [4.78, 5) is 0. The molecule has 0 aliphatic heterocycles. The van der Waals surface area contributed by atoms with E-state index in [1.54, 1.807) is 0 Å². The van der Waals surface area contributed by atoms with Crippen LogP contribution in [0.1, 0.15) is 32.1 Å². The molecule has 84 valence electrons. The molecule has 0 spiro atoms. The second-order valence-electron chi connectivity index (χ2n) is 3.95. The molecule has 14 heavy (non-hydrogen) atoms. The molecule has 0 aromatic carbocycles. The quantitative estimate of drug-likeness (QED) is 0.618. The van der Waals surface area contributed by atoms with Crippen LogP contribution in [0, 0.1) is 5.92 Å². The van der Waals surface area contributed by atoms with E-state index in [1.165, 1.54) is 12.8 Å². The van der Waals surface area contributed by atoms with E-state index in [2.05, 4.69) is 0 Å². The highest BCUT2D eigenvalue weighted by Gasteiger charge is 2.20. The Bertz CT molecular complexity index is 247. The molecular formula is C9H19NO3S. The van der Waals surface area contributed by atoms with Gasteiger partial charge in [0.15, 0.2) is 0 Å². The van der Waals surface area contributed by atoms with E-state index in [9.17, 15) is 8.42 Å². The molecule has 1 aliphatic carbocycles. The molecule has 0 unspecified atom stereocenters. The summed E-state index contributed by atoms with van der Waals surface area (Å²) in [5.74, 6) is 0.898. The first kappa shape index (κ1) is 11.9. The second-order valence-corrected chi connectivity index (χ2v) is 5.68. The molecule has 0 aromatic rings.